The van der Waals surface area contributed by atoms with E-state index in [9.17, 15) is 4.79 Å². The Morgan fingerprint density at radius 3 is 1.63 bits per heavy atom. The first-order valence-corrected chi connectivity index (χ1v) is 12.8. The minimum Gasteiger partial charge on any atom is -0.462 e. The van der Waals surface area contributed by atoms with Crippen LogP contribution in [0, 0.1) is 5.41 Å². The maximum Gasteiger partial charge on any atom is 0.311 e. The molecular weight excluding hydrogens is 376 g/mol. The number of carbonyl (C=O) groups excluding carboxylic acids is 1. The van der Waals surface area contributed by atoms with Gasteiger partial charge in [0.25, 0.3) is 0 Å². The Kier molecular flexibility index (Phi) is 18.7. The fourth-order valence-corrected chi connectivity index (χ4v) is 3.22. The van der Waals surface area contributed by atoms with Crippen molar-refractivity contribution in [1.29, 1.82) is 0 Å². The topological polar surface area (TPSA) is 44.8 Å². The van der Waals surface area contributed by atoms with E-state index in [1.807, 2.05) is 27.7 Å². The second kappa shape index (κ2) is 19.1. The Labute approximate surface area is 187 Å². The third kappa shape index (κ3) is 18.2. The predicted octanol–water partition coefficient (Wildman–Crippen LogP) is 7.82. The molecule has 180 valence electrons. The summed E-state index contributed by atoms with van der Waals surface area (Å²) in [7, 11) is 0. The Morgan fingerprint density at radius 1 is 0.700 bits per heavy atom. The highest BCUT2D eigenvalue weighted by Gasteiger charge is 2.24. The van der Waals surface area contributed by atoms with Gasteiger partial charge in [-0.25, -0.2) is 0 Å². The normalized spacial score (nSPS) is 13.0. The van der Waals surface area contributed by atoms with Crippen LogP contribution in [0.1, 0.15) is 131 Å². The van der Waals surface area contributed by atoms with E-state index < -0.39 is 5.41 Å². The van der Waals surface area contributed by atoms with Crippen molar-refractivity contribution >= 4 is 5.97 Å². The van der Waals surface area contributed by atoms with Crippen molar-refractivity contribution < 1.29 is 19.0 Å². The Hall–Kier alpha value is -0.610. The third-order valence-corrected chi connectivity index (χ3v) is 5.32. The van der Waals surface area contributed by atoms with E-state index in [1.165, 1.54) is 44.9 Å². The molecule has 0 radical (unpaired) electrons. The molecule has 0 N–H and O–H groups in total. The quantitative estimate of drug-likeness (QED) is 0.113. The second-order valence-corrected chi connectivity index (χ2v) is 9.75. The van der Waals surface area contributed by atoms with Gasteiger partial charge in [-0.05, 0) is 66.2 Å². The maximum atomic E-state index is 11.9. The smallest absolute Gasteiger partial charge is 0.311 e. The van der Waals surface area contributed by atoms with Gasteiger partial charge >= 0.3 is 5.97 Å². The van der Waals surface area contributed by atoms with E-state index in [0.29, 0.717) is 0 Å². The van der Waals surface area contributed by atoms with Crippen molar-refractivity contribution in [3.8, 4) is 0 Å². The lowest BCUT2D eigenvalue weighted by atomic mass is 9.97. The Balaban J connectivity index is 3.95. The molecule has 0 bridgehead atoms. The van der Waals surface area contributed by atoms with Crippen molar-refractivity contribution in [2.45, 2.75) is 144 Å². The molecule has 0 saturated carbocycles. The van der Waals surface area contributed by atoms with E-state index in [2.05, 4.69) is 13.8 Å². The first kappa shape index (κ1) is 29.4. The molecule has 0 rings (SSSR count). The molecule has 0 heterocycles. The largest absolute Gasteiger partial charge is 0.462 e. The summed E-state index contributed by atoms with van der Waals surface area (Å²) in [5.74, 6) is -0.106. The molecule has 4 nitrogen and oxygen atoms in total. The van der Waals surface area contributed by atoms with Crippen LogP contribution in [0.3, 0.4) is 0 Å². The first-order chi connectivity index (χ1) is 14.3. The predicted molar refractivity (Wildman–Crippen MR) is 127 cm³/mol. The lowest BCUT2D eigenvalue weighted by Gasteiger charge is -2.21. The highest BCUT2D eigenvalue weighted by Crippen LogP contribution is 2.19. The fraction of sp³-hybridized carbons (Fsp3) is 0.962. The van der Waals surface area contributed by atoms with Crippen LogP contribution in [0.5, 0.6) is 0 Å². The van der Waals surface area contributed by atoms with Gasteiger partial charge in [0.2, 0.25) is 0 Å². The van der Waals surface area contributed by atoms with Crippen molar-refractivity contribution in [3.05, 3.63) is 0 Å². The molecule has 0 saturated heterocycles. The Bertz CT molecular complexity index is 375. The van der Waals surface area contributed by atoms with E-state index in [-0.39, 0.29) is 18.4 Å². The van der Waals surface area contributed by atoms with Crippen LogP contribution in [0.4, 0.5) is 0 Å². The molecule has 30 heavy (non-hydrogen) atoms. The summed E-state index contributed by atoms with van der Waals surface area (Å²) < 4.78 is 17.6. The molecule has 0 aromatic heterocycles. The summed E-state index contributed by atoms with van der Waals surface area (Å²) >= 11 is 0. The van der Waals surface area contributed by atoms with Crippen molar-refractivity contribution in [1.82, 2.24) is 0 Å². The SMILES string of the molecule is CCCCCCOC(CCCCCCC(C)OC(=O)C(C)(C)C)OCCCCCC. The molecule has 0 spiro atoms. The van der Waals surface area contributed by atoms with Gasteiger partial charge in [-0.1, -0.05) is 65.2 Å². The Morgan fingerprint density at radius 2 is 1.17 bits per heavy atom. The first-order valence-electron chi connectivity index (χ1n) is 12.8. The molecule has 4 heteroatoms. The van der Waals surface area contributed by atoms with Gasteiger partial charge < -0.3 is 14.2 Å². The number of carbonyl (C=O) groups is 1. The summed E-state index contributed by atoms with van der Waals surface area (Å²) in [6, 6.07) is 0. The van der Waals surface area contributed by atoms with Crippen LogP contribution in [0.15, 0.2) is 0 Å². The lowest BCUT2D eigenvalue weighted by Crippen LogP contribution is -2.26. The number of rotatable bonds is 20. The molecular formula is C26H52O4. The molecule has 0 aliphatic rings. The van der Waals surface area contributed by atoms with Crippen molar-refractivity contribution in [3.63, 3.8) is 0 Å². The summed E-state index contributed by atoms with van der Waals surface area (Å²) in [5, 5.41) is 0. The number of esters is 1. The van der Waals surface area contributed by atoms with Crippen molar-refractivity contribution in [2.75, 3.05) is 13.2 Å². The van der Waals surface area contributed by atoms with Crippen LogP contribution in [0.25, 0.3) is 0 Å². The average molecular weight is 429 g/mol. The zero-order chi connectivity index (χ0) is 22.7. The molecule has 0 amide bonds. The minimum absolute atomic E-state index is 0.00221. The van der Waals surface area contributed by atoms with E-state index in [0.717, 1.165) is 58.2 Å². The van der Waals surface area contributed by atoms with Gasteiger partial charge in [-0.15, -0.1) is 0 Å². The van der Waals surface area contributed by atoms with E-state index in [4.69, 9.17) is 14.2 Å². The van der Waals surface area contributed by atoms with Gasteiger partial charge in [0.15, 0.2) is 6.29 Å². The summed E-state index contributed by atoms with van der Waals surface area (Å²) in [5.41, 5.74) is -0.420. The fourth-order valence-electron chi connectivity index (χ4n) is 3.22. The molecule has 1 atom stereocenters. The number of unbranched alkanes of at least 4 members (excludes halogenated alkanes) is 9. The van der Waals surface area contributed by atoms with Crippen LogP contribution in [0.2, 0.25) is 0 Å². The van der Waals surface area contributed by atoms with Crippen LogP contribution < -0.4 is 0 Å². The second-order valence-electron chi connectivity index (χ2n) is 9.75. The number of hydrogen-bond donors (Lipinski definition) is 0. The summed E-state index contributed by atoms with van der Waals surface area (Å²) in [4.78, 5) is 11.9. The zero-order valence-corrected chi connectivity index (χ0v) is 21.1. The van der Waals surface area contributed by atoms with Gasteiger partial charge in [0.05, 0.1) is 11.5 Å². The monoisotopic (exact) mass is 428 g/mol. The standard InChI is InChI=1S/C26H52O4/c1-7-9-11-17-21-28-24(29-22-18-12-10-8-2)20-16-14-13-15-19-23(3)30-25(27)26(4,5)6/h23-24H,7-22H2,1-6H3. The lowest BCUT2D eigenvalue weighted by molar-refractivity contribution is -0.158. The van der Waals surface area contributed by atoms with Gasteiger partial charge in [-0.2, -0.15) is 0 Å². The summed E-state index contributed by atoms with van der Waals surface area (Å²) in [6.45, 7) is 13.8. The van der Waals surface area contributed by atoms with Gasteiger partial charge in [0, 0.05) is 13.2 Å². The zero-order valence-electron chi connectivity index (χ0n) is 21.1. The maximum absolute atomic E-state index is 11.9. The van der Waals surface area contributed by atoms with Gasteiger partial charge in [0.1, 0.15) is 0 Å². The van der Waals surface area contributed by atoms with Crippen LogP contribution in [-0.2, 0) is 19.0 Å². The van der Waals surface area contributed by atoms with Crippen molar-refractivity contribution in [2.24, 2.45) is 5.41 Å². The third-order valence-electron chi connectivity index (χ3n) is 5.32. The molecule has 1 unspecified atom stereocenters. The minimum atomic E-state index is -0.420. The number of ether oxygens (including phenoxy) is 3. The van der Waals surface area contributed by atoms with Gasteiger partial charge in [-0.3, -0.25) is 4.79 Å². The van der Waals surface area contributed by atoms with Crippen LogP contribution >= 0.6 is 0 Å². The highest BCUT2D eigenvalue weighted by molar-refractivity contribution is 5.75. The molecule has 0 aliphatic heterocycles. The van der Waals surface area contributed by atoms with Crippen LogP contribution in [-0.4, -0.2) is 31.6 Å². The molecule has 0 fully saturated rings. The molecule has 0 aromatic carbocycles. The number of hydrogen-bond acceptors (Lipinski definition) is 4. The molecule has 0 aliphatic carbocycles. The highest BCUT2D eigenvalue weighted by atomic mass is 16.7. The van der Waals surface area contributed by atoms with E-state index in [1.54, 1.807) is 0 Å². The molecule has 0 aromatic rings. The average Bonchev–Trinajstić information content (AvgIpc) is 2.68. The summed E-state index contributed by atoms with van der Waals surface area (Å²) in [6.07, 6.45) is 16.3. The van der Waals surface area contributed by atoms with E-state index >= 15 is 0 Å².